The summed E-state index contributed by atoms with van der Waals surface area (Å²) in [5, 5.41) is 0. The normalized spacial score (nSPS) is 33.3. The first kappa shape index (κ1) is 18.1. The van der Waals surface area contributed by atoms with E-state index in [9.17, 15) is 8.42 Å². The van der Waals surface area contributed by atoms with Crippen molar-refractivity contribution in [2.24, 2.45) is 0 Å². The van der Waals surface area contributed by atoms with Crippen LogP contribution in [0.3, 0.4) is 0 Å². The maximum absolute atomic E-state index is 11.9. The minimum atomic E-state index is -2.96. The minimum Gasteiger partial charge on any atom is -0.383 e. The Morgan fingerprint density at radius 1 is 1.18 bits per heavy atom. The fourth-order valence-corrected chi connectivity index (χ4v) is 5.63. The van der Waals surface area contributed by atoms with Crippen molar-refractivity contribution in [2.75, 3.05) is 58.5 Å². The van der Waals surface area contributed by atoms with Gasteiger partial charge in [0, 0.05) is 46.4 Å². The quantitative estimate of drug-likeness (QED) is 0.664. The third-order valence-corrected chi connectivity index (χ3v) is 6.57. The minimum absolute atomic E-state index is 0.0129. The van der Waals surface area contributed by atoms with Crippen molar-refractivity contribution < 1.29 is 17.9 Å². The Labute approximate surface area is 134 Å². The second kappa shape index (κ2) is 8.06. The zero-order chi connectivity index (χ0) is 16.2. The Morgan fingerprint density at radius 2 is 1.95 bits per heavy atom. The number of hydrogen-bond donors (Lipinski definition) is 0. The van der Waals surface area contributed by atoms with Gasteiger partial charge in [-0.1, -0.05) is 13.3 Å². The van der Waals surface area contributed by atoms with Crippen LogP contribution < -0.4 is 0 Å². The van der Waals surface area contributed by atoms with Gasteiger partial charge in [-0.2, -0.15) is 0 Å². The maximum atomic E-state index is 11.9. The van der Waals surface area contributed by atoms with Crippen molar-refractivity contribution in [3.05, 3.63) is 0 Å². The molecule has 0 aromatic rings. The molecule has 2 rings (SSSR count). The van der Waals surface area contributed by atoms with Gasteiger partial charge in [0.05, 0.1) is 30.3 Å². The summed E-state index contributed by atoms with van der Waals surface area (Å²) in [5.74, 6) is 0.402. The predicted molar refractivity (Wildman–Crippen MR) is 87.0 cm³/mol. The largest absolute Gasteiger partial charge is 0.383 e. The summed E-state index contributed by atoms with van der Waals surface area (Å²) in [4.78, 5) is 4.82. The van der Waals surface area contributed by atoms with Crippen LogP contribution in [0.4, 0.5) is 0 Å². The molecule has 0 aromatic heterocycles. The van der Waals surface area contributed by atoms with Crippen LogP contribution in [0.5, 0.6) is 0 Å². The van der Waals surface area contributed by atoms with Crippen LogP contribution in [0.15, 0.2) is 0 Å². The third kappa shape index (κ3) is 4.41. The van der Waals surface area contributed by atoms with Crippen LogP contribution in [0, 0.1) is 0 Å². The van der Waals surface area contributed by atoms with Gasteiger partial charge in [0.15, 0.2) is 9.84 Å². The van der Waals surface area contributed by atoms with Gasteiger partial charge in [-0.05, 0) is 6.42 Å². The van der Waals surface area contributed by atoms with Crippen molar-refractivity contribution in [3.8, 4) is 0 Å². The highest BCUT2D eigenvalue weighted by Gasteiger charge is 2.43. The zero-order valence-corrected chi connectivity index (χ0v) is 14.8. The first-order valence-corrected chi connectivity index (χ1v) is 10.0. The number of rotatable bonds is 7. The van der Waals surface area contributed by atoms with Crippen molar-refractivity contribution in [2.45, 2.75) is 38.0 Å². The monoisotopic (exact) mass is 334 g/mol. The lowest BCUT2D eigenvalue weighted by atomic mass is 10.0. The van der Waals surface area contributed by atoms with Crippen molar-refractivity contribution >= 4 is 9.84 Å². The van der Waals surface area contributed by atoms with E-state index in [1.54, 1.807) is 14.2 Å². The van der Waals surface area contributed by atoms with E-state index in [0.717, 1.165) is 45.6 Å². The summed E-state index contributed by atoms with van der Waals surface area (Å²) in [6, 6.07) is 0.494. The van der Waals surface area contributed by atoms with Gasteiger partial charge in [0.1, 0.15) is 0 Å². The molecule has 2 saturated heterocycles. The average molecular weight is 334 g/mol. The summed E-state index contributed by atoms with van der Waals surface area (Å²) in [7, 11) is 0.392. The molecule has 2 fully saturated rings. The molecule has 0 bridgehead atoms. The first-order chi connectivity index (χ1) is 10.5. The van der Waals surface area contributed by atoms with Gasteiger partial charge in [0.2, 0.25) is 0 Å². The van der Waals surface area contributed by atoms with Crippen molar-refractivity contribution in [3.63, 3.8) is 0 Å². The molecule has 0 spiro atoms. The van der Waals surface area contributed by atoms with E-state index in [0.29, 0.717) is 6.04 Å². The molecule has 1 unspecified atom stereocenters. The molecule has 0 aliphatic carbocycles. The summed E-state index contributed by atoms with van der Waals surface area (Å²) in [6.07, 6.45) is 2.09. The van der Waals surface area contributed by atoms with Crippen LogP contribution in [-0.4, -0.2) is 94.9 Å². The molecule has 2 heterocycles. The highest BCUT2D eigenvalue weighted by Crippen LogP contribution is 2.24. The van der Waals surface area contributed by atoms with Gasteiger partial charge < -0.3 is 9.47 Å². The molecule has 0 aromatic carbocycles. The van der Waals surface area contributed by atoms with Crippen LogP contribution in [0.1, 0.15) is 19.8 Å². The number of nitrogens with zero attached hydrogens (tertiary/aromatic N) is 2. The molecule has 0 amide bonds. The Balaban J connectivity index is 2.01. The van der Waals surface area contributed by atoms with E-state index in [2.05, 4.69) is 16.7 Å². The van der Waals surface area contributed by atoms with Crippen LogP contribution >= 0.6 is 0 Å². The van der Waals surface area contributed by atoms with Gasteiger partial charge >= 0.3 is 0 Å². The maximum Gasteiger partial charge on any atom is 0.154 e. The summed E-state index contributed by atoms with van der Waals surface area (Å²) in [6.45, 7) is 6.71. The fourth-order valence-electron chi connectivity index (χ4n) is 3.69. The average Bonchev–Trinajstić information content (AvgIpc) is 2.81. The van der Waals surface area contributed by atoms with E-state index < -0.39 is 9.84 Å². The molecule has 22 heavy (non-hydrogen) atoms. The standard InChI is InChI=1S/C15H30N2O4S/c1-4-5-13-10-17(7-6-16(13)8-9-20-2)14-11-22(18,19)12-15(14)21-3/h13-15H,4-12H2,1-3H3/t13?,14-,15+/m1/s1. The van der Waals surface area contributed by atoms with Crippen molar-refractivity contribution in [1.82, 2.24) is 9.80 Å². The molecular formula is C15H30N2O4S. The van der Waals surface area contributed by atoms with Gasteiger partial charge in [0.25, 0.3) is 0 Å². The molecule has 6 nitrogen and oxygen atoms in total. The second-order valence-electron chi connectivity index (χ2n) is 6.38. The molecular weight excluding hydrogens is 304 g/mol. The molecule has 0 N–H and O–H groups in total. The van der Waals surface area contributed by atoms with Crippen LogP contribution in [0.25, 0.3) is 0 Å². The van der Waals surface area contributed by atoms with Crippen LogP contribution in [-0.2, 0) is 19.3 Å². The molecule has 0 radical (unpaired) electrons. The Bertz CT molecular complexity index is 443. The smallest absolute Gasteiger partial charge is 0.154 e. The number of piperazine rings is 1. The predicted octanol–water partition coefficient (Wildman–Crippen LogP) is 0.231. The van der Waals surface area contributed by atoms with E-state index >= 15 is 0 Å². The Morgan fingerprint density at radius 3 is 2.59 bits per heavy atom. The van der Waals surface area contributed by atoms with E-state index in [1.807, 2.05) is 0 Å². The van der Waals surface area contributed by atoms with E-state index in [1.165, 1.54) is 0 Å². The van der Waals surface area contributed by atoms with Crippen LogP contribution in [0.2, 0.25) is 0 Å². The number of hydrogen-bond acceptors (Lipinski definition) is 6. The first-order valence-electron chi connectivity index (χ1n) is 8.21. The number of sulfone groups is 1. The lowest BCUT2D eigenvalue weighted by Crippen LogP contribution is -2.58. The summed E-state index contributed by atoms with van der Waals surface area (Å²) < 4.78 is 34.5. The number of methoxy groups -OCH3 is 2. The van der Waals surface area contributed by atoms with E-state index in [4.69, 9.17) is 9.47 Å². The fraction of sp³-hybridized carbons (Fsp3) is 1.00. The molecule has 7 heteroatoms. The SMILES string of the molecule is CCCC1CN([C@@H]2CS(=O)(=O)C[C@@H]2OC)CCN1CCOC. The lowest BCUT2D eigenvalue weighted by Gasteiger charge is -2.44. The van der Waals surface area contributed by atoms with E-state index in [-0.39, 0.29) is 23.7 Å². The third-order valence-electron chi connectivity index (χ3n) is 4.88. The molecule has 0 saturated carbocycles. The number of ether oxygens (including phenoxy) is 2. The highest BCUT2D eigenvalue weighted by atomic mass is 32.2. The summed E-state index contributed by atoms with van der Waals surface area (Å²) in [5.41, 5.74) is 0. The van der Waals surface area contributed by atoms with Gasteiger partial charge in [-0.3, -0.25) is 9.80 Å². The highest BCUT2D eigenvalue weighted by molar-refractivity contribution is 7.91. The topological polar surface area (TPSA) is 59.1 Å². The zero-order valence-electron chi connectivity index (χ0n) is 14.0. The molecule has 2 aliphatic heterocycles. The molecule has 130 valence electrons. The lowest BCUT2D eigenvalue weighted by molar-refractivity contribution is -0.00859. The molecule has 2 aliphatic rings. The van der Waals surface area contributed by atoms with Crippen molar-refractivity contribution in [1.29, 1.82) is 0 Å². The van der Waals surface area contributed by atoms with Gasteiger partial charge in [-0.25, -0.2) is 8.42 Å². The van der Waals surface area contributed by atoms with Gasteiger partial charge in [-0.15, -0.1) is 0 Å². The summed E-state index contributed by atoms with van der Waals surface area (Å²) >= 11 is 0. The Kier molecular flexibility index (Phi) is 6.64. The second-order valence-corrected chi connectivity index (χ2v) is 8.54. The molecule has 3 atom stereocenters. The Hall–Kier alpha value is -0.210.